The molecule has 0 radical (unpaired) electrons. The van der Waals surface area contributed by atoms with Crippen molar-refractivity contribution in [1.29, 1.82) is 0 Å². The van der Waals surface area contributed by atoms with Gasteiger partial charge in [-0.15, -0.1) is 0 Å². The van der Waals surface area contributed by atoms with Crippen molar-refractivity contribution in [2.45, 2.75) is 6.92 Å². The average molecular weight is 194 g/mol. The van der Waals surface area contributed by atoms with Crippen molar-refractivity contribution >= 4 is 17.3 Å². The molecule has 0 aliphatic carbocycles. The van der Waals surface area contributed by atoms with E-state index in [0.29, 0.717) is 17.9 Å². The van der Waals surface area contributed by atoms with E-state index >= 15 is 0 Å². The summed E-state index contributed by atoms with van der Waals surface area (Å²) in [7, 11) is 1.78. The number of nitrogens with one attached hydrogen (secondary N) is 1. The molecule has 0 heterocycles. The van der Waals surface area contributed by atoms with E-state index in [4.69, 9.17) is 10.5 Å². The SMILES string of the molecule is CCOC(=O)c1cc(NC)ccc1N. The Morgan fingerprint density at radius 1 is 1.57 bits per heavy atom. The molecular formula is C10H14N2O2. The second-order valence-corrected chi connectivity index (χ2v) is 2.77. The number of esters is 1. The first-order valence-electron chi connectivity index (χ1n) is 4.43. The fourth-order valence-corrected chi connectivity index (χ4v) is 1.10. The molecule has 1 aromatic rings. The summed E-state index contributed by atoms with van der Waals surface area (Å²) in [6.45, 7) is 2.11. The van der Waals surface area contributed by atoms with Crippen LogP contribution in [0.3, 0.4) is 0 Å². The van der Waals surface area contributed by atoms with Crippen molar-refractivity contribution in [2.24, 2.45) is 0 Å². The summed E-state index contributed by atoms with van der Waals surface area (Å²) in [4.78, 5) is 11.4. The molecule has 0 amide bonds. The summed E-state index contributed by atoms with van der Waals surface area (Å²) < 4.78 is 4.86. The summed E-state index contributed by atoms with van der Waals surface area (Å²) >= 11 is 0. The zero-order valence-corrected chi connectivity index (χ0v) is 8.33. The summed E-state index contributed by atoms with van der Waals surface area (Å²) in [5, 5.41) is 2.93. The minimum Gasteiger partial charge on any atom is -0.462 e. The van der Waals surface area contributed by atoms with E-state index in [9.17, 15) is 4.79 Å². The van der Waals surface area contributed by atoms with Gasteiger partial charge >= 0.3 is 5.97 Å². The number of benzene rings is 1. The molecule has 1 aromatic carbocycles. The Morgan fingerprint density at radius 3 is 2.86 bits per heavy atom. The van der Waals surface area contributed by atoms with Crippen LogP contribution < -0.4 is 11.1 Å². The second-order valence-electron chi connectivity index (χ2n) is 2.77. The molecule has 4 heteroatoms. The third kappa shape index (κ3) is 2.16. The van der Waals surface area contributed by atoms with Gasteiger partial charge in [-0.3, -0.25) is 0 Å². The van der Waals surface area contributed by atoms with Gasteiger partial charge in [-0.2, -0.15) is 0 Å². The van der Waals surface area contributed by atoms with Crippen molar-refractivity contribution in [2.75, 3.05) is 24.7 Å². The minimum atomic E-state index is -0.387. The molecule has 3 N–H and O–H groups in total. The van der Waals surface area contributed by atoms with Crippen molar-refractivity contribution in [3.63, 3.8) is 0 Å². The summed E-state index contributed by atoms with van der Waals surface area (Å²) in [6.07, 6.45) is 0. The molecule has 0 atom stereocenters. The lowest BCUT2D eigenvalue weighted by molar-refractivity contribution is 0.0527. The van der Waals surface area contributed by atoms with Gasteiger partial charge in [0.25, 0.3) is 0 Å². The lowest BCUT2D eigenvalue weighted by Crippen LogP contribution is -2.08. The number of carbonyl (C=O) groups excluding carboxylic acids is 1. The molecule has 14 heavy (non-hydrogen) atoms. The van der Waals surface area contributed by atoms with E-state index in [1.807, 2.05) is 0 Å². The quantitative estimate of drug-likeness (QED) is 0.565. The van der Waals surface area contributed by atoms with Crippen molar-refractivity contribution in [3.05, 3.63) is 23.8 Å². The van der Waals surface area contributed by atoms with Crippen LogP contribution in [0.15, 0.2) is 18.2 Å². The number of nitrogen functional groups attached to an aromatic ring is 1. The highest BCUT2D eigenvalue weighted by Gasteiger charge is 2.10. The molecule has 0 aliphatic heterocycles. The maximum Gasteiger partial charge on any atom is 0.340 e. The highest BCUT2D eigenvalue weighted by atomic mass is 16.5. The molecule has 0 bridgehead atoms. The zero-order valence-electron chi connectivity index (χ0n) is 8.33. The first kappa shape index (κ1) is 10.4. The zero-order chi connectivity index (χ0) is 10.6. The molecule has 0 spiro atoms. The molecular weight excluding hydrogens is 180 g/mol. The Kier molecular flexibility index (Phi) is 3.34. The van der Waals surface area contributed by atoms with Gasteiger partial charge in [0.1, 0.15) is 0 Å². The number of hydrogen-bond donors (Lipinski definition) is 2. The molecule has 0 saturated carbocycles. The standard InChI is InChI=1S/C10H14N2O2/c1-3-14-10(13)8-6-7(12-2)4-5-9(8)11/h4-6,12H,3,11H2,1-2H3. The van der Waals surface area contributed by atoms with Gasteiger partial charge < -0.3 is 15.8 Å². The molecule has 76 valence electrons. The average Bonchev–Trinajstić information content (AvgIpc) is 2.19. The van der Waals surface area contributed by atoms with Crippen molar-refractivity contribution in [3.8, 4) is 0 Å². The van der Waals surface area contributed by atoms with E-state index in [2.05, 4.69) is 5.32 Å². The first-order chi connectivity index (χ1) is 6.69. The van der Waals surface area contributed by atoms with E-state index in [1.54, 1.807) is 32.2 Å². The van der Waals surface area contributed by atoms with Gasteiger partial charge in [0.2, 0.25) is 0 Å². The normalized spacial score (nSPS) is 9.57. The van der Waals surface area contributed by atoms with Crippen LogP contribution in [0.5, 0.6) is 0 Å². The van der Waals surface area contributed by atoms with Gasteiger partial charge in [0.15, 0.2) is 0 Å². The predicted octanol–water partition coefficient (Wildman–Crippen LogP) is 1.49. The van der Waals surface area contributed by atoms with E-state index in [-0.39, 0.29) is 5.97 Å². The van der Waals surface area contributed by atoms with Crippen LogP contribution in [-0.4, -0.2) is 19.6 Å². The summed E-state index contributed by atoms with van der Waals surface area (Å²) in [5.74, 6) is -0.387. The highest BCUT2D eigenvalue weighted by molar-refractivity contribution is 5.96. The van der Waals surface area contributed by atoms with Crippen LogP contribution in [0.2, 0.25) is 0 Å². The van der Waals surface area contributed by atoms with Gasteiger partial charge in [-0.25, -0.2) is 4.79 Å². The number of ether oxygens (including phenoxy) is 1. The van der Waals surface area contributed by atoms with E-state index in [1.165, 1.54) is 0 Å². The Morgan fingerprint density at radius 2 is 2.29 bits per heavy atom. The minimum absolute atomic E-state index is 0.349. The largest absolute Gasteiger partial charge is 0.462 e. The number of nitrogens with two attached hydrogens (primary N) is 1. The highest BCUT2D eigenvalue weighted by Crippen LogP contribution is 2.18. The van der Waals surface area contributed by atoms with Gasteiger partial charge in [0, 0.05) is 18.4 Å². The summed E-state index contributed by atoms with van der Waals surface area (Å²) in [6, 6.07) is 5.16. The van der Waals surface area contributed by atoms with Crippen LogP contribution in [0, 0.1) is 0 Å². The lowest BCUT2D eigenvalue weighted by atomic mass is 10.1. The van der Waals surface area contributed by atoms with Crippen molar-refractivity contribution in [1.82, 2.24) is 0 Å². The van der Waals surface area contributed by atoms with Crippen LogP contribution in [0.1, 0.15) is 17.3 Å². The maximum absolute atomic E-state index is 11.4. The molecule has 0 unspecified atom stereocenters. The van der Waals surface area contributed by atoms with Crippen LogP contribution in [-0.2, 0) is 4.74 Å². The molecule has 0 saturated heterocycles. The van der Waals surface area contributed by atoms with Crippen LogP contribution in [0.4, 0.5) is 11.4 Å². The van der Waals surface area contributed by atoms with E-state index < -0.39 is 0 Å². The molecule has 0 aliphatic rings. The Balaban J connectivity index is 2.99. The molecule has 4 nitrogen and oxygen atoms in total. The predicted molar refractivity (Wildman–Crippen MR) is 56.4 cm³/mol. The number of hydrogen-bond acceptors (Lipinski definition) is 4. The third-order valence-electron chi connectivity index (χ3n) is 1.84. The van der Waals surface area contributed by atoms with Crippen LogP contribution >= 0.6 is 0 Å². The molecule has 1 rings (SSSR count). The smallest absolute Gasteiger partial charge is 0.340 e. The fourth-order valence-electron chi connectivity index (χ4n) is 1.10. The van der Waals surface area contributed by atoms with Gasteiger partial charge in [-0.1, -0.05) is 0 Å². The lowest BCUT2D eigenvalue weighted by Gasteiger charge is -2.07. The van der Waals surface area contributed by atoms with Gasteiger partial charge in [-0.05, 0) is 25.1 Å². The van der Waals surface area contributed by atoms with Gasteiger partial charge in [0.05, 0.1) is 12.2 Å². The number of rotatable bonds is 3. The van der Waals surface area contributed by atoms with Crippen LogP contribution in [0.25, 0.3) is 0 Å². The monoisotopic (exact) mass is 194 g/mol. The number of anilines is 2. The van der Waals surface area contributed by atoms with E-state index in [0.717, 1.165) is 5.69 Å². The Bertz CT molecular complexity index is 337. The first-order valence-corrected chi connectivity index (χ1v) is 4.43. The third-order valence-corrected chi connectivity index (χ3v) is 1.84. The fraction of sp³-hybridized carbons (Fsp3) is 0.300. The maximum atomic E-state index is 11.4. The molecule has 0 fully saturated rings. The number of carbonyl (C=O) groups is 1. The Labute approximate surface area is 83.1 Å². The molecule has 0 aromatic heterocycles. The Hall–Kier alpha value is -1.71. The topological polar surface area (TPSA) is 64.3 Å². The van der Waals surface area contributed by atoms with Crippen molar-refractivity contribution < 1.29 is 9.53 Å². The second kappa shape index (κ2) is 4.50. The summed E-state index contributed by atoms with van der Waals surface area (Å²) in [5.41, 5.74) is 7.32.